The van der Waals surface area contributed by atoms with Crippen LogP contribution in [-0.2, 0) is 0 Å². The minimum Gasteiger partial charge on any atom is -0.387 e. The van der Waals surface area contributed by atoms with Gasteiger partial charge in [-0.3, -0.25) is 0 Å². The summed E-state index contributed by atoms with van der Waals surface area (Å²) in [5.74, 6) is 5.64. The third-order valence-corrected chi connectivity index (χ3v) is 3.41. The van der Waals surface area contributed by atoms with Gasteiger partial charge in [0.05, 0.1) is 0 Å². The van der Waals surface area contributed by atoms with Crippen LogP contribution < -0.4 is 0 Å². The van der Waals surface area contributed by atoms with Gasteiger partial charge in [0, 0.05) is 28.2 Å². The molecule has 0 rings (SSSR count). The van der Waals surface area contributed by atoms with Gasteiger partial charge in [-0.25, -0.2) is 5.01 Å². The maximum absolute atomic E-state index is 4.39. The van der Waals surface area contributed by atoms with E-state index in [2.05, 4.69) is 39.8 Å². The first-order chi connectivity index (χ1) is 5.86. The monoisotopic (exact) mass is 200 g/mol. The smallest absolute Gasteiger partial charge is 0.387 e. The van der Waals surface area contributed by atoms with Gasteiger partial charge >= 0.3 is 14.4 Å². The third kappa shape index (κ3) is 4.51. The highest BCUT2D eigenvalue weighted by molar-refractivity contribution is 6.55. The molecular formula is C8H21AlN4. The molecule has 5 heteroatoms. The SMILES string of the molecule is C/C(=N/N(C)C)[N](N(C)C)[Al]([CH3])[CH3]. The van der Waals surface area contributed by atoms with E-state index in [4.69, 9.17) is 0 Å². The molecule has 0 bridgehead atoms. The van der Waals surface area contributed by atoms with E-state index < -0.39 is 14.4 Å². The van der Waals surface area contributed by atoms with Crippen LogP contribution in [0.3, 0.4) is 0 Å². The lowest BCUT2D eigenvalue weighted by Crippen LogP contribution is -2.48. The fourth-order valence-electron chi connectivity index (χ4n) is 1.46. The Kier molecular flexibility index (Phi) is 5.38. The van der Waals surface area contributed by atoms with Crippen molar-refractivity contribution in [1.29, 1.82) is 0 Å². The first-order valence-corrected chi connectivity index (χ1v) is 7.37. The van der Waals surface area contributed by atoms with E-state index >= 15 is 0 Å². The van der Waals surface area contributed by atoms with Gasteiger partial charge in [-0.2, -0.15) is 5.10 Å². The Labute approximate surface area is 86.4 Å². The van der Waals surface area contributed by atoms with E-state index in [1.165, 1.54) is 0 Å². The maximum Gasteiger partial charge on any atom is 0.429 e. The summed E-state index contributed by atoms with van der Waals surface area (Å²) in [6.45, 7) is 2.05. The molecule has 0 saturated heterocycles. The van der Waals surface area contributed by atoms with Crippen molar-refractivity contribution >= 4 is 20.2 Å². The Morgan fingerprint density at radius 1 is 1.08 bits per heavy atom. The zero-order valence-corrected chi connectivity index (χ0v) is 11.0. The van der Waals surface area contributed by atoms with Crippen molar-refractivity contribution in [3.63, 3.8) is 0 Å². The van der Waals surface area contributed by atoms with Crippen molar-refractivity contribution in [1.82, 2.24) is 14.0 Å². The Morgan fingerprint density at radius 3 is 1.77 bits per heavy atom. The highest BCUT2D eigenvalue weighted by Gasteiger charge is 2.19. The second kappa shape index (κ2) is 5.48. The average molecular weight is 200 g/mol. The molecule has 0 aliphatic rings. The van der Waals surface area contributed by atoms with Crippen molar-refractivity contribution in [2.45, 2.75) is 18.5 Å². The molecular weight excluding hydrogens is 179 g/mol. The number of amidine groups is 1. The Hall–Kier alpha value is -0.238. The van der Waals surface area contributed by atoms with Crippen LogP contribution >= 0.6 is 0 Å². The van der Waals surface area contributed by atoms with E-state index in [-0.39, 0.29) is 0 Å². The van der Waals surface area contributed by atoms with Crippen LogP contribution in [0.2, 0.25) is 11.6 Å². The molecule has 0 aliphatic heterocycles. The molecule has 0 aromatic carbocycles. The van der Waals surface area contributed by atoms with Crippen molar-refractivity contribution in [3.8, 4) is 0 Å². The van der Waals surface area contributed by atoms with Crippen LogP contribution in [0, 0.1) is 0 Å². The Bertz CT molecular complexity index is 169. The summed E-state index contributed by atoms with van der Waals surface area (Å²) in [5, 5.41) is 8.34. The molecule has 0 spiro atoms. The molecule has 0 aromatic rings. The molecule has 76 valence electrons. The average Bonchev–Trinajstić information content (AvgIpc) is 1.81. The topological polar surface area (TPSA) is 22.1 Å². The number of rotatable bonds is 3. The predicted molar refractivity (Wildman–Crippen MR) is 59.8 cm³/mol. The summed E-state index contributed by atoms with van der Waals surface area (Å²) in [6, 6.07) is 0. The summed E-state index contributed by atoms with van der Waals surface area (Å²) in [7, 11) is 8.00. The summed E-state index contributed by atoms with van der Waals surface area (Å²) in [5.41, 5.74) is 0. The van der Waals surface area contributed by atoms with Crippen LogP contribution in [-0.4, -0.2) is 62.4 Å². The van der Waals surface area contributed by atoms with Crippen molar-refractivity contribution in [3.05, 3.63) is 0 Å². The second-order valence-electron chi connectivity index (χ2n) is 3.78. The lowest BCUT2D eigenvalue weighted by atomic mass is 10.7. The van der Waals surface area contributed by atoms with Crippen LogP contribution in [0.25, 0.3) is 0 Å². The van der Waals surface area contributed by atoms with Gasteiger partial charge in [0.25, 0.3) is 0 Å². The molecule has 0 N–H and O–H groups in total. The normalized spacial score (nSPS) is 11.8. The minimum absolute atomic E-state index is 0.858. The highest BCUT2D eigenvalue weighted by Crippen LogP contribution is 2.00. The number of hydrogen-bond donors (Lipinski definition) is 0. The highest BCUT2D eigenvalue weighted by atomic mass is 27.2. The van der Waals surface area contributed by atoms with E-state index in [1.54, 1.807) is 0 Å². The first-order valence-electron chi connectivity index (χ1n) is 4.55. The van der Waals surface area contributed by atoms with Crippen LogP contribution in [0.4, 0.5) is 0 Å². The van der Waals surface area contributed by atoms with Crippen molar-refractivity contribution in [2.75, 3.05) is 28.2 Å². The summed E-state index contributed by atoms with van der Waals surface area (Å²) >= 11 is -0.858. The van der Waals surface area contributed by atoms with Crippen LogP contribution in [0.5, 0.6) is 0 Å². The lowest BCUT2D eigenvalue weighted by Gasteiger charge is -2.34. The molecule has 0 aliphatic carbocycles. The molecule has 4 nitrogen and oxygen atoms in total. The van der Waals surface area contributed by atoms with Gasteiger partial charge in [-0.05, 0) is 6.92 Å². The fraction of sp³-hybridized carbons (Fsp3) is 0.875. The van der Waals surface area contributed by atoms with Gasteiger partial charge < -0.3 is 9.00 Å². The number of hydrazine groups is 1. The van der Waals surface area contributed by atoms with E-state index in [1.807, 2.05) is 26.0 Å². The maximum atomic E-state index is 4.39. The van der Waals surface area contributed by atoms with E-state index in [0.29, 0.717) is 0 Å². The zero-order chi connectivity index (χ0) is 10.6. The molecule has 0 saturated carbocycles. The van der Waals surface area contributed by atoms with Crippen LogP contribution in [0.1, 0.15) is 6.92 Å². The van der Waals surface area contributed by atoms with Crippen LogP contribution in [0.15, 0.2) is 5.10 Å². The zero-order valence-electron chi connectivity index (χ0n) is 9.87. The summed E-state index contributed by atoms with van der Waals surface area (Å²) in [4.78, 5) is 0. The van der Waals surface area contributed by atoms with Crippen molar-refractivity contribution < 1.29 is 0 Å². The molecule has 0 amide bonds. The van der Waals surface area contributed by atoms with E-state index in [9.17, 15) is 0 Å². The molecule has 0 radical (unpaired) electrons. The number of hydrogen-bond acceptors (Lipinski definition) is 3. The predicted octanol–water partition coefficient (Wildman–Crippen LogP) is 0.911. The molecule has 0 atom stereocenters. The molecule has 0 fully saturated rings. The summed E-state index contributed by atoms with van der Waals surface area (Å²) in [6.07, 6.45) is 0. The first kappa shape index (κ1) is 12.8. The quantitative estimate of drug-likeness (QED) is 0.292. The number of nitrogens with zero attached hydrogens (tertiary/aromatic N) is 4. The lowest BCUT2D eigenvalue weighted by molar-refractivity contribution is 0.202. The third-order valence-electron chi connectivity index (χ3n) is 1.60. The standard InChI is InChI=1S/C6H15N4.2CH3.Al/c1-6(7-9(2)3)8-10(4)5;;;/h1-5H3;2*1H3;/q-1;;;+1. The Balaban J connectivity index is 4.55. The Morgan fingerprint density at radius 2 is 1.54 bits per heavy atom. The van der Waals surface area contributed by atoms with Crippen molar-refractivity contribution in [2.24, 2.45) is 5.10 Å². The van der Waals surface area contributed by atoms with Gasteiger partial charge in [0.2, 0.25) is 0 Å². The minimum atomic E-state index is -0.858. The molecule has 13 heavy (non-hydrogen) atoms. The fourth-order valence-corrected chi connectivity index (χ4v) is 3.18. The second-order valence-corrected chi connectivity index (χ2v) is 6.46. The van der Waals surface area contributed by atoms with Gasteiger partial charge in [-0.15, -0.1) is 0 Å². The number of hydrazone groups is 1. The van der Waals surface area contributed by atoms with E-state index in [0.717, 1.165) is 5.84 Å². The van der Waals surface area contributed by atoms with Gasteiger partial charge in [0.15, 0.2) is 0 Å². The molecule has 0 heterocycles. The van der Waals surface area contributed by atoms with Gasteiger partial charge in [0.1, 0.15) is 5.84 Å². The molecule has 0 aromatic heterocycles. The summed E-state index contributed by atoms with van der Waals surface area (Å²) < 4.78 is 2.28. The largest absolute Gasteiger partial charge is 0.429 e. The molecule has 0 unspecified atom stereocenters. The van der Waals surface area contributed by atoms with Gasteiger partial charge in [-0.1, -0.05) is 11.6 Å².